The molecule has 2 rings (SSSR count). The van der Waals surface area contributed by atoms with Gasteiger partial charge in [-0.15, -0.1) is 11.3 Å². The fourth-order valence-corrected chi connectivity index (χ4v) is 4.30. The van der Waals surface area contributed by atoms with Gasteiger partial charge in [0.25, 0.3) is 0 Å². The van der Waals surface area contributed by atoms with E-state index in [4.69, 9.17) is 4.74 Å². The Balaban J connectivity index is 1.56. The number of amides is 3. The molecule has 1 aromatic heterocycles. The minimum absolute atomic E-state index is 0.128. The third-order valence-electron chi connectivity index (χ3n) is 5.43. The molecule has 0 spiro atoms. The first-order chi connectivity index (χ1) is 17.0. The molecule has 8 nitrogen and oxygen atoms in total. The molecule has 1 aromatic carbocycles. The van der Waals surface area contributed by atoms with Crippen LogP contribution in [0.1, 0.15) is 82.0 Å². The first kappa shape index (κ1) is 28.3. The van der Waals surface area contributed by atoms with Gasteiger partial charge in [-0.2, -0.15) is 0 Å². The number of rotatable bonds is 15. The second-order valence-electron chi connectivity index (χ2n) is 8.60. The molecule has 0 fully saturated rings. The standard InChI is InChI=1S/C26H38N4O4S/c1-3-4-5-6-7-8-9-10-17-34-26(33)30-29-24(32)18-22-13-11-21(12-14-22)15-16-23-19-35-25(28-23)27-20(2)31/h11-14,19H,3-10,15-18H2,1-2H3,(H,29,32)(H,30,33)(H,27,28,31). The van der Waals surface area contributed by atoms with Gasteiger partial charge in [-0.05, 0) is 30.4 Å². The molecule has 0 saturated carbocycles. The van der Waals surface area contributed by atoms with Crippen molar-refractivity contribution in [2.75, 3.05) is 11.9 Å². The van der Waals surface area contributed by atoms with E-state index in [2.05, 4.69) is 28.1 Å². The Morgan fingerprint density at radius 3 is 2.23 bits per heavy atom. The molecule has 0 aliphatic rings. The fraction of sp³-hybridized carbons (Fsp3) is 0.538. The highest BCUT2D eigenvalue weighted by Gasteiger charge is 2.08. The van der Waals surface area contributed by atoms with Gasteiger partial charge in [-0.1, -0.05) is 76.1 Å². The Bertz CT molecular complexity index is 914. The molecule has 0 bridgehead atoms. The first-order valence-electron chi connectivity index (χ1n) is 12.5. The molecule has 0 unspecified atom stereocenters. The average molecular weight is 503 g/mol. The predicted octanol–water partition coefficient (Wildman–Crippen LogP) is 5.33. The van der Waals surface area contributed by atoms with E-state index in [9.17, 15) is 14.4 Å². The molecule has 0 radical (unpaired) electrons. The summed E-state index contributed by atoms with van der Waals surface area (Å²) in [6, 6.07) is 7.77. The van der Waals surface area contributed by atoms with Crippen LogP contribution in [0.25, 0.3) is 0 Å². The van der Waals surface area contributed by atoms with Crippen LogP contribution in [0.4, 0.5) is 9.93 Å². The van der Waals surface area contributed by atoms with Crippen molar-refractivity contribution >= 4 is 34.4 Å². The monoisotopic (exact) mass is 502 g/mol. The van der Waals surface area contributed by atoms with E-state index in [1.807, 2.05) is 29.6 Å². The number of carbonyl (C=O) groups excluding carboxylic acids is 3. The maximum atomic E-state index is 12.1. The molecule has 0 saturated heterocycles. The van der Waals surface area contributed by atoms with E-state index >= 15 is 0 Å². The van der Waals surface area contributed by atoms with E-state index in [1.165, 1.54) is 50.4 Å². The van der Waals surface area contributed by atoms with Crippen molar-refractivity contribution in [1.29, 1.82) is 0 Å². The number of nitrogens with one attached hydrogen (secondary N) is 3. The zero-order valence-corrected chi connectivity index (χ0v) is 21.7. The molecule has 0 aliphatic heterocycles. The number of thiazole rings is 1. The second-order valence-corrected chi connectivity index (χ2v) is 9.46. The van der Waals surface area contributed by atoms with Crippen LogP contribution in [-0.2, 0) is 33.6 Å². The molecule has 192 valence electrons. The number of nitrogens with zero attached hydrogens (tertiary/aromatic N) is 1. The van der Waals surface area contributed by atoms with Crippen molar-refractivity contribution in [3.8, 4) is 0 Å². The van der Waals surface area contributed by atoms with Gasteiger partial charge in [-0.3, -0.25) is 15.0 Å². The summed E-state index contributed by atoms with van der Waals surface area (Å²) in [4.78, 5) is 39.3. The van der Waals surface area contributed by atoms with Crippen LogP contribution < -0.4 is 16.2 Å². The van der Waals surface area contributed by atoms with E-state index in [1.54, 1.807) is 0 Å². The highest BCUT2D eigenvalue weighted by atomic mass is 32.1. The summed E-state index contributed by atoms with van der Waals surface area (Å²) in [7, 11) is 0. The Hall–Kier alpha value is -2.94. The lowest BCUT2D eigenvalue weighted by atomic mass is 10.0. The third-order valence-corrected chi connectivity index (χ3v) is 6.23. The number of hydrogen-bond acceptors (Lipinski definition) is 6. The number of carbonyl (C=O) groups is 3. The molecule has 2 aromatic rings. The summed E-state index contributed by atoms with van der Waals surface area (Å²) in [5.74, 6) is -0.439. The summed E-state index contributed by atoms with van der Waals surface area (Å²) in [5.41, 5.74) is 7.60. The lowest BCUT2D eigenvalue weighted by Gasteiger charge is -2.09. The van der Waals surface area contributed by atoms with Crippen LogP contribution in [-0.4, -0.2) is 29.5 Å². The number of benzene rings is 1. The van der Waals surface area contributed by atoms with E-state index in [0.29, 0.717) is 11.7 Å². The Kier molecular flexibility index (Phi) is 13.5. The quantitative estimate of drug-likeness (QED) is 0.225. The van der Waals surface area contributed by atoms with Crippen LogP contribution in [0.3, 0.4) is 0 Å². The van der Waals surface area contributed by atoms with Gasteiger partial charge >= 0.3 is 6.09 Å². The van der Waals surface area contributed by atoms with E-state index in [-0.39, 0.29) is 18.2 Å². The number of aryl methyl sites for hydroxylation is 2. The predicted molar refractivity (Wildman–Crippen MR) is 139 cm³/mol. The lowest BCUT2D eigenvalue weighted by Crippen LogP contribution is -2.42. The smallest absolute Gasteiger partial charge is 0.426 e. The zero-order chi connectivity index (χ0) is 25.3. The topological polar surface area (TPSA) is 109 Å². The van der Waals surface area contributed by atoms with Crippen LogP contribution in [0.15, 0.2) is 29.6 Å². The summed E-state index contributed by atoms with van der Waals surface area (Å²) in [6.07, 6.45) is 10.5. The molecular weight excluding hydrogens is 464 g/mol. The van der Waals surface area contributed by atoms with Crippen LogP contribution in [0, 0.1) is 0 Å². The summed E-state index contributed by atoms with van der Waals surface area (Å²) < 4.78 is 5.10. The first-order valence-corrected chi connectivity index (χ1v) is 13.4. The summed E-state index contributed by atoms with van der Waals surface area (Å²) in [5, 5.41) is 5.24. The van der Waals surface area contributed by atoms with Gasteiger partial charge < -0.3 is 10.1 Å². The second kappa shape index (κ2) is 16.6. The highest BCUT2D eigenvalue weighted by Crippen LogP contribution is 2.17. The van der Waals surface area contributed by atoms with Crippen LogP contribution in [0.2, 0.25) is 0 Å². The maximum absolute atomic E-state index is 12.1. The van der Waals surface area contributed by atoms with Gasteiger partial charge in [0.2, 0.25) is 11.8 Å². The highest BCUT2D eigenvalue weighted by molar-refractivity contribution is 7.13. The molecule has 1 heterocycles. The minimum Gasteiger partial charge on any atom is -0.448 e. The number of ether oxygens (including phenoxy) is 1. The van der Waals surface area contributed by atoms with Crippen molar-refractivity contribution in [2.45, 2.75) is 84.5 Å². The zero-order valence-electron chi connectivity index (χ0n) is 20.9. The molecule has 3 amide bonds. The molecular formula is C26H38N4O4S. The van der Waals surface area contributed by atoms with Crippen molar-refractivity contribution in [2.24, 2.45) is 0 Å². The lowest BCUT2D eigenvalue weighted by molar-refractivity contribution is -0.121. The van der Waals surface area contributed by atoms with Crippen molar-refractivity contribution in [3.63, 3.8) is 0 Å². The minimum atomic E-state index is -0.639. The number of hydrazine groups is 1. The Morgan fingerprint density at radius 2 is 1.54 bits per heavy atom. The number of hydrogen-bond donors (Lipinski definition) is 3. The number of aromatic nitrogens is 1. The van der Waals surface area contributed by atoms with Gasteiger partial charge in [-0.25, -0.2) is 15.2 Å². The Labute approximate surface area is 212 Å². The number of anilines is 1. The van der Waals surface area contributed by atoms with Crippen LogP contribution in [0.5, 0.6) is 0 Å². The van der Waals surface area contributed by atoms with Gasteiger partial charge in [0.1, 0.15) is 0 Å². The third kappa shape index (κ3) is 12.9. The van der Waals surface area contributed by atoms with Gasteiger partial charge in [0.15, 0.2) is 5.13 Å². The van der Waals surface area contributed by atoms with Crippen molar-refractivity contribution in [3.05, 3.63) is 46.5 Å². The van der Waals surface area contributed by atoms with Gasteiger partial charge in [0.05, 0.1) is 18.7 Å². The van der Waals surface area contributed by atoms with E-state index < -0.39 is 6.09 Å². The van der Waals surface area contributed by atoms with E-state index in [0.717, 1.165) is 48.9 Å². The summed E-state index contributed by atoms with van der Waals surface area (Å²) >= 11 is 1.41. The maximum Gasteiger partial charge on any atom is 0.426 e. The SMILES string of the molecule is CCCCCCCCCCOC(=O)NNC(=O)Cc1ccc(CCc2csc(NC(C)=O)n2)cc1. The van der Waals surface area contributed by atoms with Crippen molar-refractivity contribution < 1.29 is 19.1 Å². The normalized spacial score (nSPS) is 10.6. The molecule has 0 atom stereocenters. The molecule has 3 N–H and O–H groups in total. The number of unbranched alkanes of at least 4 members (excludes halogenated alkanes) is 7. The molecule has 9 heteroatoms. The van der Waals surface area contributed by atoms with Gasteiger partial charge in [0, 0.05) is 12.3 Å². The van der Waals surface area contributed by atoms with Crippen molar-refractivity contribution in [1.82, 2.24) is 15.8 Å². The van der Waals surface area contributed by atoms with Crippen LogP contribution >= 0.6 is 11.3 Å². The summed E-state index contributed by atoms with van der Waals surface area (Å²) in [6.45, 7) is 4.03. The largest absolute Gasteiger partial charge is 0.448 e. The molecule has 0 aliphatic carbocycles. The fourth-order valence-electron chi connectivity index (χ4n) is 3.51. The average Bonchev–Trinajstić information content (AvgIpc) is 3.28. The Morgan fingerprint density at radius 1 is 0.886 bits per heavy atom. The molecule has 35 heavy (non-hydrogen) atoms.